The van der Waals surface area contributed by atoms with E-state index in [0.717, 1.165) is 17.7 Å². The molecule has 1 aromatic rings. The van der Waals surface area contributed by atoms with E-state index < -0.39 is 0 Å². The van der Waals surface area contributed by atoms with Crippen molar-refractivity contribution in [2.75, 3.05) is 6.61 Å². The SMILES string of the molecule is CCCOCc1nc(C)c(C(C)C)c(=O)[nH]1. The minimum atomic E-state index is -0.0439. The number of aromatic nitrogens is 2. The van der Waals surface area contributed by atoms with E-state index in [0.29, 0.717) is 19.0 Å². The van der Waals surface area contributed by atoms with Gasteiger partial charge in [0.1, 0.15) is 12.4 Å². The van der Waals surface area contributed by atoms with Gasteiger partial charge in [0.15, 0.2) is 0 Å². The number of aromatic amines is 1. The number of H-pyrrole nitrogens is 1. The molecule has 1 aromatic heterocycles. The van der Waals surface area contributed by atoms with Gasteiger partial charge in [-0.3, -0.25) is 4.79 Å². The number of nitrogens with one attached hydrogen (secondary N) is 1. The second kappa shape index (κ2) is 5.80. The first-order chi connectivity index (χ1) is 7.56. The molecule has 0 unspecified atom stereocenters. The largest absolute Gasteiger partial charge is 0.374 e. The summed E-state index contributed by atoms with van der Waals surface area (Å²) in [6.07, 6.45) is 0.966. The van der Waals surface area contributed by atoms with E-state index in [4.69, 9.17) is 4.74 Å². The van der Waals surface area contributed by atoms with Gasteiger partial charge in [0, 0.05) is 17.9 Å². The molecular formula is C12H20N2O2. The van der Waals surface area contributed by atoms with Gasteiger partial charge in [0.25, 0.3) is 5.56 Å². The van der Waals surface area contributed by atoms with Crippen LogP contribution in [0, 0.1) is 6.92 Å². The molecule has 4 nitrogen and oxygen atoms in total. The van der Waals surface area contributed by atoms with Crippen LogP contribution in [0.4, 0.5) is 0 Å². The van der Waals surface area contributed by atoms with Gasteiger partial charge in [0.05, 0.1) is 0 Å². The third kappa shape index (κ3) is 3.17. The van der Waals surface area contributed by atoms with Crippen molar-refractivity contribution in [2.24, 2.45) is 0 Å². The van der Waals surface area contributed by atoms with Gasteiger partial charge in [0.2, 0.25) is 0 Å². The van der Waals surface area contributed by atoms with Gasteiger partial charge in [-0.25, -0.2) is 4.98 Å². The molecule has 0 fully saturated rings. The fourth-order valence-corrected chi connectivity index (χ4v) is 1.71. The summed E-state index contributed by atoms with van der Waals surface area (Å²) in [4.78, 5) is 18.9. The first kappa shape index (κ1) is 12.9. The van der Waals surface area contributed by atoms with Crippen LogP contribution in [-0.2, 0) is 11.3 Å². The van der Waals surface area contributed by atoms with Crippen LogP contribution in [0.3, 0.4) is 0 Å². The van der Waals surface area contributed by atoms with Crippen LogP contribution in [0.15, 0.2) is 4.79 Å². The van der Waals surface area contributed by atoms with Crippen molar-refractivity contribution < 1.29 is 4.74 Å². The molecular weight excluding hydrogens is 204 g/mol. The van der Waals surface area contributed by atoms with Crippen LogP contribution < -0.4 is 5.56 Å². The summed E-state index contributed by atoms with van der Waals surface area (Å²) in [7, 11) is 0. The number of hydrogen-bond donors (Lipinski definition) is 1. The molecule has 0 spiro atoms. The Bertz CT molecular complexity index is 396. The third-order valence-corrected chi connectivity index (χ3v) is 2.36. The van der Waals surface area contributed by atoms with Gasteiger partial charge in [-0.05, 0) is 19.3 Å². The van der Waals surface area contributed by atoms with Crippen LogP contribution >= 0.6 is 0 Å². The quantitative estimate of drug-likeness (QED) is 0.779. The molecule has 0 aromatic carbocycles. The van der Waals surface area contributed by atoms with Crippen LogP contribution in [0.5, 0.6) is 0 Å². The lowest BCUT2D eigenvalue weighted by Gasteiger charge is -2.09. The molecule has 0 aliphatic heterocycles. The Hall–Kier alpha value is -1.16. The molecule has 0 saturated carbocycles. The van der Waals surface area contributed by atoms with Gasteiger partial charge in [-0.2, -0.15) is 0 Å². The maximum atomic E-state index is 11.8. The summed E-state index contributed by atoms with van der Waals surface area (Å²) in [5, 5.41) is 0. The van der Waals surface area contributed by atoms with Crippen LogP contribution in [0.2, 0.25) is 0 Å². The monoisotopic (exact) mass is 224 g/mol. The van der Waals surface area contributed by atoms with Crippen molar-refractivity contribution in [1.29, 1.82) is 0 Å². The predicted octanol–water partition coefficient (Wildman–Crippen LogP) is 2.13. The smallest absolute Gasteiger partial charge is 0.254 e. The topological polar surface area (TPSA) is 55.0 Å². The molecule has 0 atom stereocenters. The average molecular weight is 224 g/mol. The lowest BCUT2D eigenvalue weighted by molar-refractivity contribution is 0.115. The lowest BCUT2D eigenvalue weighted by atomic mass is 10.0. The van der Waals surface area contributed by atoms with Crippen molar-refractivity contribution in [3.05, 3.63) is 27.4 Å². The molecule has 0 aliphatic carbocycles. The number of hydrogen-bond acceptors (Lipinski definition) is 3. The standard InChI is InChI=1S/C12H20N2O2/c1-5-6-16-7-10-13-9(4)11(8(2)3)12(15)14-10/h8H,5-7H2,1-4H3,(H,13,14,15). The van der Waals surface area contributed by atoms with Gasteiger partial charge >= 0.3 is 0 Å². The van der Waals surface area contributed by atoms with E-state index in [-0.39, 0.29) is 11.5 Å². The number of aryl methyl sites for hydroxylation is 1. The van der Waals surface area contributed by atoms with E-state index >= 15 is 0 Å². The zero-order valence-electron chi connectivity index (χ0n) is 10.5. The van der Waals surface area contributed by atoms with Crippen molar-refractivity contribution in [3.63, 3.8) is 0 Å². The Kier molecular flexibility index (Phi) is 4.68. The Morgan fingerprint density at radius 1 is 1.44 bits per heavy atom. The summed E-state index contributed by atoms with van der Waals surface area (Å²) in [5.41, 5.74) is 1.52. The van der Waals surface area contributed by atoms with E-state index in [9.17, 15) is 4.79 Å². The second-order valence-corrected chi connectivity index (χ2v) is 4.22. The molecule has 0 bridgehead atoms. The van der Waals surface area contributed by atoms with E-state index in [2.05, 4.69) is 9.97 Å². The zero-order valence-corrected chi connectivity index (χ0v) is 10.5. The van der Waals surface area contributed by atoms with Crippen molar-refractivity contribution in [2.45, 2.75) is 46.6 Å². The highest BCUT2D eigenvalue weighted by Crippen LogP contribution is 2.12. The summed E-state index contributed by atoms with van der Waals surface area (Å²) in [6.45, 7) is 8.97. The minimum Gasteiger partial charge on any atom is -0.374 e. The van der Waals surface area contributed by atoms with Crippen molar-refractivity contribution >= 4 is 0 Å². The Labute approximate surface area is 96.1 Å². The Balaban J connectivity index is 2.88. The summed E-state index contributed by atoms with van der Waals surface area (Å²) >= 11 is 0. The fraction of sp³-hybridized carbons (Fsp3) is 0.667. The number of rotatable bonds is 5. The van der Waals surface area contributed by atoms with Crippen molar-refractivity contribution in [3.8, 4) is 0 Å². The second-order valence-electron chi connectivity index (χ2n) is 4.22. The molecule has 0 aliphatic rings. The first-order valence-electron chi connectivity index (χ1n) is 5.73. The molecule has 1 rings (SSSR count). The van der Waals surface area contributed by atoms with E-state index in [1.165, 1.54) is 0 Å². The zero-order chi connectivity index (χ0) is 12.1. The van der Waals surface area contributed by atoms with E-state index in [1.807, 2.05) is 27.7 Å². The maximum Gasteiger partial charge on any atom is 0.254 e. The molecule has 16 heavy (non-hydrogen) atoms. The molecule has 0 amide bonds. The van der Waals surface area contributed by atoms with Crippen LogP contribution in [0.1, 0.15) is 50.2 Å². The van der Waals surface area contributed by atoms with Gasteiger partial charge in [-0.15, -0.1) is 0 Å². The average Bonchev–Trinajstić information content (AvgIpc) is 2.16. The maximum absolute atomic E-state index is 11.8. The third-order valence-electron chi connectivity index (χ3n) is 2.36. The molecule has 1 N–H and O–H groups in total. The fourth-order valence-electron chi connectivity index (χ4n) is 1.71. The highest BCUT2D eigenvalue weighted by atomic mass is 16.5. The predicted molar refractivity (Wildman–Crippen MR) is 63.6 cm³/mol. The van der Waals surface area contributed by atoms with Gasteiger partial charge in [-0.1, -0.05) is 20.8 Å². The summed E-state index contributed by atoms with van der Waals surface area (Å²) < 4.78 is 5.35. The summed E-state index contributed by atoms with van der Waals surface area (Å²) in [5.74, 6) is 0.808. The number of ether oxygens (including phenoxy) is 1. The van der Waals surface area contributed by atoms with E-state index in [1.54, 1.807) is 0 Å². The molecule has 4 heteroatoms. The Morgan fingerprint density at radius 2 is 2.12 bits per heavy atom. The normalized spacial score (nSPS) is 11.1. The molecule has 0 radical (unpaired) electrons. The van der Waals surface area contributed by atoms with Crippen LogP contribution in [-0.4, -0.2) is 16.6 Å². The van der Waals surface area contributed by atoms with Crippen LogP contribution in [0.25, 0.3) is 0 Å². The minimum absolute atomic E-state index is 0.0439. The Morgan fingerprint density at radius 3 is 2.62 bits per heavy atom. The van der Waals surface area contributed by atoms with Gasteiger partial charge < -0.3 is 9.72 Å². The highest BCUT2D eigenvalue weighted by Gasteiger charge is 2.11. The molecule has 0 saturated heterocycles. The van der Waals surface area contributed by atoms with Crippen molar-refractivity contribution in [1.82, 2.24) is 9.97 Å². The lowest BCUT2D eigenvalue weighted by Crippen LogP contribution is -2.20. The highest BCUT2D eigenvalue weighted by molar-refractivity contribution is 5.19. The first-order valence-corrected chi connectivity index (χ1v) is 5.73. The summed E-state index contributed by atoms with van der Waals surface area (Å²) in [6, 6.07) is 0. The number of nitrogens with zero attached hydrogens (tertiary/aromatic N) is 1. The molecule has 90 valence electrons. The molecule has 1 heterocycles.